The van der Waals surface area contributed by atoms with E-state index in [-0.39, 0.29) is 6.04 Å². The molecule has 3 unspecified atom stereocenters. The minimum absolute atomic E-state index is 0.206. The lowest BCUT2D eigenvalue weighted by atomic mass is 9.74. The zero-order chi connectivity index (χ0) is 17.0. The monoisotopic (exact) mass is 304 g/mol. The van der Waals surface area contributed by atoms with E-state index >= 15 is 0 Å². The van der Waals surface area contributed by atoms with E-state index in [0.29, 0.717) is 11.8 Å². The molecule has 0 amide bonds. The fourth-order valence-corrected chi connectivity index (χ4v) is 3.43. The van der Waals surface area contributed by atoms with Gasteiger partial charge in [0.1, 0.15) is 7.85 Å². The maximum atomic E-state index is 6.25. The zero-order valence-electron chi connectivity index (χ0n) is 14.3. The van der Waals surface area contributed by atoms with E-state index in [1.54, 1.807) is 0 Å². The molecule has 0 bridgehead atoms. The van der Waals surface area contributed by atoms with Crippen LogP contribution >= 0.6 is 0 Å². The van der Waals surface area contributed by atoms with Gasteiger partial charge < -0.3 is 5.32 Å². The van der Waals surface area contributed by atoms with Crippen LogP contribution in [0.5, 0.6) is 0 Å². The molecule has 0 saturated carbocycles. The Kier molecular flexibility index (Phi) is 5.65. The van der Waals surface area contributed by atoms with Crippen LogP contribution in [0, 0.1) is 12.8 Å². The molecule has 1 aromatic rings. The Hall–Kier alpha value is -2.03. The number of hydrogen-bond acceptors (Lipinski definition) is 2. The lowest BCUT2D eigenvalue weighted by molar-refractivity contribution is 0.454. The Morgan fingerprint density at radius 1 is 1.39 bits per heavy atom. The average Bonchev–Trinajstić information content (AvgIpc) is 3.07. The van der Waals surface area contributed by atoms with Gasteiger partial charge in [-0.2, -0.15) is 0 Å². The van der Waals surface area contributed by atoms with Crippen molar-refractivity contribution in [2.24, 2.45) is 5.92 Å². The van der Waals surface area contributed by atoms with Crippen LogP contribution in [-0.4, -0.2) is 18.9 Å². The van der Waals surface area contributed by atoms with E-state index in [2.05, 4.69) is 35.6 Å². The second kappa shape index (κ2) is 7.50. The lowest BCUT2D eigenvalue weighted by Gasteiger charge is -2.39. The fraction of sp³-hybridized carbons (Fsp3) is 0.350. The van der Waals surface area contributed by atoms with Gasteiger partial charge >= 0.3 is 0 Å². The summed E-state index contributed by atoms with van der Waals surface area (Å²) in [5.74, 6) is 0.848. The molecule has 23 heavy (non-hydrogen) atoms. The number of nitrogens with zero attached hydrogens (tertiary/aromatic N) is 1. The van der Waals surface area contributed by atoms with Gasteiger partial charge in [0.05, 0.1) is 6.04 Å². The highest BCUT2D eigenvalue weighted by molar-refractivity contribution is 6.37. The lowest BCUT2D eigenvalue weighted by Crippen LogP contribution is -2.40. The number of pyridine rings is 1. The van der Waals surface area contributed by atoms with Crippen molar-refractivity contribution in [3.05, 3.63) is 66.6 Å². The fourth-order valence-electron chi connectivity index (χ4n) is 3.43. The van der Waals surface area contributed by atoms with Crippen LogP contribution in [0.1, 0.15) is 37.4 Å². The summed E-state index contributed by atoms with van der Waals surface area (Å²) in [5, 5.41) is 3.62. The molecule has 3 atom stereocenters. The highest BCUT2D eigenvalue weighted by atomic mass is 15.0. The summed E-state index contributed by atoms with van der Waals surface area (Å²) in [6.07, 6.45) is 13.3. The van der Waals surface area contributed by atoms with E-state index in [4.69, 9.17) is 7.85 Å². The van der Waals surface area contributed by atoms with E-state index in [0.717, 1.165) is 28.8 Å². The van der Waals surface area contributed by atoms with Gasteiger partial charge in [-0.3, -0.25) is 4.98 Å². The quantitative estimate of drug-likeness (QED) is 0.519. The van der Waals surface area contributed by atoms with Crippen molar-refractivity contribution < 1.29 is 0 Å². The molecule has 3 heteroatoms. The highest BCUT2D eigenvalue weighted by Crippen LogP contribution is 2.45. The molecule has 2 nitrogen and oxygen atoms in total. The SMILES string of the molecule is CC.[B]c1c(C)ncc2c1NC(/C(C=C)=C/C=C)C1CC=CC21. The van der Waals surface area contributed by atoms with Crippen LogP contribution in [0.2, 0.25) is 0 Å². The number of anilines is 1. The molecule has 118 valence electrons. The number of aryl methyl sites for hydroxylation is 1. The highest BCUT2D eigenvalue weighted by Gasteiger charge is 2.38. The summed E-state index contributed by atoms with van der Waals surface area (Å²) in [4.78, 5) is 4.43. The van der Waals surface area contributed by atoms with Crippen molar-refractivity contribution in [1.29, 1.82) is 0 Å². The molecule has 1 aliphatic carbocycles. The molecule has 0 saturated heterocycles. The Morgan fingerprint density at radius 3 is 2.78 bits per heavy atom. The van der Waals surface area contributed by atoms with Crippen molar-refractivity contribution in [2.45, 2.75) is 39.2 Å². The van der Waals surface area contributed by atoms with Crippen LogP contribution in [0.3, 0.4) is 0 Å². The molecule has 3 rings (SSSR count). The number of aromatic nitrogens is 1. The van der Waals surface area contributed by atoms with Gasteiger partial charge in [0.2, 0.25) is 0 Å². The zero-order valence-corrected chi connectivity index (χ0v) is 14.3. The number of rotatable bonds is 3. The van der Waals surface area contributed by atoms with Crippen molar-refractivity contribution in [3.63, 3.8) is 0 Å². The smallest absolute Gasteiger partial charge is 0.119 e. The maximum Gasteiger partial charge on any atom is 0.119 e. The van der Waals surface area contributed by atoms with E-state index in [9.17, 15) is 0 Å². The standard InChI is InChI=1S/C18H19BN2.C2H6/c1-4-7-12(5-2)17-14-9-6-8-13(14)15-10-20-11(3)16(19)18(15)21-17;1-2/h4-8,10,13-14,17,21H,1-2,9H2,3H3;1-2H3/b12-7+;. The van der Waals surface area contributed by atoms with E-state index in [1.165, 1.54) is 5.56 Å². The van der Waals surface area contributed by atoms with Crippen LogP contribution < -0.4 is 10.8 Å². The Labute approximate surface area is 141 Å². The summed E-state index contributed by atoms with van der Waals surface area (Å²) >= 11 is 0. The maximum absolute atomic E-state index is 6.25. The molecule has 1 aromatic heterocycles. The first-order chi connectivity index (χ1) is 11.2. The van der Waals surface area contributed by atoms with Crippen molar-refractivity contribution >= 4 is 19.0 Å². The first kappa shape index (κ1) is 17.3. The second-order valence-corrected chi connectivity index (χ2v) is 5.67. The van der Waals surface area contributed by atoms with Crippen molar-refractivity contribution in [3.8, 4) is 0 Å². The van der Waals surface area contributed by atoms with Crippen molar-refractivity contribution in [2.75, 3.05) is 5.32 Å². The van der Waals surface area contributed by atoms with Crippen LogP contribution in [0.4, 0.5) is 5.69 Å². The molecule has 0 aromatic carbocycles. The summed E-state index contributed by atoms with van der Waals surface area (Å²) in [5.41, 5.74) is 5.00. The minimum atomic E-state index is 0.206. The van der Waals surface area contributed by atoms with Crippen LogP contribution in [0.15, 0.2) is 55.3 Å². The summed E-state index contributed by atoms with van der Waals surface area (Å²) in [7, 11) is 6.25. The third-order valence-electron chi connectivity index (χ3n) is 4.55. The second-order valence-electron chi connectivity index (χ2n) is 5.67. The van der Waals surface area contributed by atoms with Gasteiger partial charge in [0.25, 0.3) is 0 Å². The van der Waals surface area contributed by atoms with Crippen molar-refractivity contribution in [1.82, 2.24) is 4.98 Å². The minimum Gasteiger partial charge on any atom is -0.378 e. The number of fused-ring (bicyclic) bond motifs is 3. The first-order valence-corrected chi connectivity index (χ1v) is 8.30. The molecular weight excluding hydrogens is 279 g/mol. The summed E-state index contributed by atoms with van der Waals surface area (Å²) in [6.45, 7) is 13.7. The molecule has 1 aliphatic heterocycles. The van der Waals surface area contributed by atoms with Gasteiger partial charge in [-0.1, -0.05) is 62.8 Å². The van der Waals surface area contributed by atoms with Gasteiger partial charge in [-0.15, -0.1) is 0 Å². The molecule has 2 heterocycles. The third-order valence-corrected chi connectivity index (χ3v) is 4.55. The van der Waals surface area contributed by atoms with Gasteiger partial charge in [-0.05, 0) is 24.8 Å². The summed E-state index contributed by atoms with van der Waals surface area (Å²) < 4.78 is 0. The number of hydrogen-bond donors (Lipinski definition) is 1. The molecule has 2 aliphatic rings. The summed E-state index contributed by atoms with van der Waals surface area (Å²) in [6, 6.07) is 0.206. The molecular formula is C20H25BN2. The predicted octanol–water partition coefficient (Wildman–Crippen LogP) is 3.96. The van der Waals surface area contributed by atoms with E-state index < -0.39 is 0 Å². The topological polar surface area (TPSA) is 24.9 Å². The Bertz CT molecular complexity index is 658. The van der Waals surface area contributed by atoms with E-state index in [1.807, 2.05) is 45.2 Å². The van der Waals surface area contributed by atoms with Gasteiger partial charge in [-0.25, -0.2) is 0 Å². The van der Waals surface area contributed by atoms with Crippen LogP contribution in [0.25, 0.3) is 0 Å². The molecule has 0 fully saturated rings. The van der Waals surface area contributed by atoms with Gasteiger partial charge in [0.15, 0.2) is 0 Å². The Balaban J connectivity index is 0.000000924. The Morgan fingerprint density at radius 2 is 2.13 bits per heavy atom. The predicted molar refractivity (Wildman–Crippen MR) is 102 cm³/mol. The molecule has 0 spiro atoms. The average molecular weight is 304 g/mol. The molecule has 2 radical (unpaired) electrons. The normalized spacial score (nSPS) is 24.7. The number of allylic oxidation sites excluding steroid dienone is 4. The van der Waals surface area contributed by atoms with Crippen LogP contribution in [-0.2, 0) is 0 Å². The first-order valence-electron chi connectivity index (χ1n) is 8.30. The number of nitrogens with one attached hydrogen (secondary N) is 1. The van der Waals surface area contributed by atoms with Gasteiger partial charge in [0, 0.05) is 29.1 Å². The third kappa shape index (κ3) is 3.05. The largest absolute Gasteiger partial charge is 0.378 e. The molecule has 1 N–H and O–H groups in total.